The summed E-state index contributed by atoms with van der Waals surface area (Å²) < 4.78 is 5.24. The summed E-state index contributed by atoms with van der Waals surface area (Å²) in [6.07, 6.45) is 6.76. The van der Waals surface area contributed by atoms with E-state index < -0.39 is 5.97 Å². The number of nitrogens with zero attached hydrogens (tertiary/aromatic N) is 2. The first-order valence-corrected chi connectivity index (χ1v) is 7.68. The first-order valence-electron chi connectivity index (χ1n) is 6.86. The molecule has 0 amide bonds. The fourth-order valence-electron chi connectivity index (χ4n) is 2.00. The molecule has 112 valence electrons. The van der Waals surface area contributed by atoms with Crippen LogP contribution < -0.4 is 0 Å². The molecule has 0 fully saturated rings. The Morgan fingerprint density at radius 1 is 1.38 bits per heavy atom. The zero-order valence-electron chi connectivity index (χ0n) is 12.3. The fraction of sp³-hybridized carbons (Fsp3) is 0.400. The van der Waals surface area contributed by atoms with Crippen molar-refractivity contribution in [2.75, 3.05) is 0 Å². The van der Waals surface area contributed by atoms with Crippen LogP contribution in [0.15, 0.2) is 4.52 Å². The summed E-state index contributed by atoms with van der Waals surface area (Å²) in [6.45, 7) is 5.71. The molecule has 2 aromatic rings. The van der Waals surface area contributed by atoms with Crippen LogP contribution in [0.1, 0.15) is 57.2 Å². The summed E-state index contributed by atoms with van der Waals surface area (Å²) in [6, 6.07) is 0. The quantitative estimate of drug-likeness (QED) is 0.874. The van der Waals surface area contributed by atoms with Crippen LogP contribution in [-0.4, -0.2) is 21.2 Å². The van der Waals surface area contributed by atoms with Crippen molar-refractivity contribution in [3.63, 3.8) is 0 Å². The van der Waals surface area contributed by atoms with Crippen LogP contribution in [0.25, 0.3) is 12.2 Å². The van der Waals surface area contributed by atoms with Crippen LogP contribution >= 0.6 is 11.3 Å². The number of carboxylic acids is 1. The highest BCUT2D eigenvalue weighted by atomic mass is 32.1. The molecule has 0 aliphatic carbocycles. The minimum absolute atomic E-state index is 0.280. The third kappa shape index (κ3) is 3.58. The lowest BCUT2D eigenvalue weighted by Crippen LogP contribution is -1.94. The van der Waals surface area contributed by atoms with Gasteiger partial charge >= 0.3 is 5.97 Å². The van der Waals surface area contributed by atoms with Crippen molar-refractivity contribution in [3.8, 4) is 0 Å². The lowest BCUT2D eigenvalue weighted by atomic mass is 10.1. The van der Waals surface area contributed by atoms with E-state index in [1.54, 1.807) is 6.92 Å². The second kappa shape index (κ2) is 6.67. The summed E-state index contributed by atoms with van der Waals surface area (Å²) in [4.78, 5) is 15.5. The highest BCUT2D eigenvalue weighted by molar-refractivity contribution is 7.14. The van der Waals surface area contributed by atoms with Crippen molar-refractivity contribution in [1.82, 2.24) is 10.1 Å². The Bertz CT molecular complexity index is 671. The zero-order valence-corrected chi connectivity index (χ0v) is 13.2. The third-order valence-corrected chi connectivity index (χ3v) is 4.26. The van der Waals surface area contributed by atoms with E-state index in [1.807, 2.05) is 19.1 Å². The zero-order chi connectivity index (χ0) is 15.4. The number of thiazole rings is 1. The molecule has 0 aliphatic heterocycles. The van der Waals surface area contributed by atoms with Crippen molar-refractivity contribution in [3.05, 3.63) is 32.6 Å². The van der Waals surface area contributed by atoms with Gasteiger partial charge < -0.3 is 9.63 Å². The number of rotatable bonds is 6. The molecule has 0 saturated heterocycles. The molecular weight excluding hydrogens is 288 g/mol. The lowest BCUT2D eigenvalue weighted by Gasteiger charge is -1.95. The molecule has 2 heterocycles. The number of aryl methyl sites for hydroxylation is 3. The molecule has 0 unspecified atom stereocenters. The molecule has 0 atom stereocenters. The van der Waals surface area contributed by atoms with Crippen LogP contribution in [0, 0.1) is 13.8 Å². The van der Waals surface area contributed by atoms with E-state index >= 15 is 0 Å². The number of hydrogen-bond acceptors (Lipinski definition) is 5. The van der Waals surface area contributed by atoms with Gasteiger partial charge in [0.1, 0.15) is 15.6 Å². The van der Waals surface area contributed by atoms with E-state index in [0.29, 0.717) is 10.7 Å². The largest absolute Gasteiger partial charge is 0.477 e. The number of carboxylic acid groups (broad SMARTS) is 1. The molecule has 0 saturated carbocycles. The maximum atomic E-state index is 11.0. The molecule has 0 aliphatic rings. The summed E-state index contributed by atoms with van der Waals surface area (Å²) in [5.41, 5.74) is 2.45. The summed E-state index contributed by atoms with van der Waals surface area (Å²) in [5.74, 6) is -0.168. The predicted octanol–water partition coefficient (Wildman–Crippen LogP) is 3.96. The predicted molar refractivity (Wildman–Crippen MR) is 82.6 cm³/mol. The van der Waals surface area contributed by atoms with Crippen LogP contribution in [0.2, 0.25) is 0 Å². The van der Waals surface area contributed by atoms with E-state index in [9.17, 15) is 4.79 Å². The summed E-state index contributed by atoms with van der Waals surface area (Å²) >= 11 is 1.17. The fourth-order valence-corrected chi connectivity index (χ4v) is 2.81. The molecule has 2 rings (SSSR count). The topological polar surface area (TPSA) is 76.2 Å². The van der Waals surface area contributed by atoms with E-state index in [4.69, 9.17) is 9.63 Å². The number of hydrogen-bond donors (Lipinski definition) is 1. The second-order valence-corrected chi connectivity index (χ2v) is 5.84. The van der Waals surface area contributed by atoms with E-state index in [1.165, 1.54) is 11.3 Å². The molecule has 6 heteroatoms. The Balaban J connectivity index is 2.23. The highest BCUT2D eigenvalue weighted by Crippen LogP contribution is 2.22. The minimum atomic E-state index is -0.936. The van der Waals surface area contributed by atoms with E-state index in [0.717, 1.165) is 36.3 Å². The normalized spacial score (nSPS) is 11.4. The standard InChI is InChI=1S/C15H18N2O3S/c1-4-5-6-12-11(10(3)20-17-12)7-8-13-16-9(2)14(21-13)15(18)19/h7-8H,4-6H2,1-3H3,(H,18,19). The Kier molecular flexibility index (Phi) is 4.90. The smallest absolute Gasteiger partial charge is 0.347 e. The van der Waals surface area contributed by atoms with Crippen LogP contribution in [-0.2, 0) is 6.42 Å². The Morgan fingerprint density at radius 2 is 2.14 bits per heavy atom. The van der Waals surface area contributed by atoms with Crippen molar-refractivity contribution >= 4 is 29.5 Å². The van der Waals surface area contributed by atoms with Crippen LogP contribution in [0.4, 0.5) is 0 Å². The van der Waals surface area contributed by atoms with Crippen molar-refractivity contribution in [2.45, 2.75) is 40.0 Å². The molecule has 0 bridgehead atoms. The molecule has 1 N–H and O–H groups in total. The van der Waals surface area contributed by atoms with Gasteiger partial charge in [-0.05, 0) is 38.8 Å². The molecule has 5 nitrogen and oxygen atoms in total. The van der Waals surface area contributed by atoms with Gasteiger partial charge in [0, 0.05) is 5.56 Å². The average Bonchev–Trinajstić information content (AvgIpc) is 2.97. The van der Waals surface area contributed by atoms with E-state index in [-0.39, 0.29) is 4.88 Å². The first kappa shape index (κ1) is 15.4. The molecule has 2 aromatic heterocycles. The highest BCUT2D eigenvalue weighted by Gasteiger charge is 2.13. The molecule has 21 heavy (non-hydrogen) atoms. The molecular formula is C15H18N2O3S. The SMILES string of the molecule is CCCCc1noc(C)c1C=Cc1nc(C)c(C(=O)O)s1. The molecule has 0 aromatic carbocycles. The van der Waals surface area contributed by atoms with Gasteiger partial charge in [0.05, 0.1) is 11.4 Å². The summed E-state index contributed by atoms with van der Waals surface area (Å²) in [5, 5.41) is 13.8. The lowest BCUT2D eigenvalue weighted by molar-refractivity contribution is 0.0701. The Morgan fingerprint density at radius 3 is 2.76 bits per heavy atom. The molecule has 0 radical (unpaired) electrons. The van der Waals surface area contributed by atoms with Gasteiger partial charge in [-0.3, -0.25) is 0 Å². The molecule has 0 spiro atoms. The van der Waals surface area contributed by atoms with Crippen LogP contribution in [0.5, 0.6) is 0 Å². The van der Waals surface area contributed by atoms with Crippen molar-refractivity contribution in [2.24, 2.45) is 0 Å². The number of aromatic nitrogens is 2. The van der Waals surface area contributed by atoms with E-state index in [2.05, 4.69) is 17.1 Å². The van der Waals surface area contributed by atoms with Gasteiger partial charge in [0.2, 0.25) is 0 Å². The van der Waals surface area contributed by atoms with Crippen LogP contribution in [0.3, 0.4) is 0 Å². The van der Waals surface area contributed by atoms with Gasteiger partial charge in [-0.1, -0.05) is 18.5 Å². The maximum absolute atomic E-state index is 11.0. The van der Waals surface area contributed by atoms with Gasteiger partial charge in [-0.2, -0.15) is 0 Å². The van der Waals surface area contributed by atoms with Gasteiger partial charge in [0.25, 0.3) is 0 Å². The van der Waals surface area contributed by atoms with Crippen molar-refractivity contribution < 1.29 is 14.4 Å². The number of carbonyl (C=O) groups is 1. The van der Waals surface area contributed by atoms with Crippen molar-refractivity contribution in [1.29, 1.82) is 0 Å². The van der Waals surface area contributed by atoms with Gasteiger partial charge in [-0.25, -0.2) is 9.78 Å². The Labute approximate surface area is 127 Å². The monoisotopic (exact) mass is 306 g/mol. The van der Waals surface area contributed by atoms with Gasteiger partial charge in [0.15, 0.2) is 0 Å². The second-order valence-electron chi connectivity index (χ2n) is 4.81. The first-order chi connectivity index (χ1) is 10.0. The van der Waals surface area contributed by atoms with Gasteiger partial charge in [-0.15, -0.1) is 11.3 Å². The maximum Gasteiger partial charge on any atom is 0.347 e. The Hall–Kier alpha value is -1.95. The number of aromatic carboxylic acids is 1. The average molecular weight is 306 g/mol. The number of unbranched alkanes of at least 4 members (excludes halogenated alkanes) is 1. The summed E-state index contributed by atoms with van der Waals surface area (Å²) in [7, 11) is 0. The third-order valence-electron chi connectivity index (χ3n) is 3.15. The minimum Gasteiger partial charge on any atom is -0.477 e.